The lowest BCUT2D eigenvalue weighted by Crippen LogP contribution is -2.51. The van der Waals surface area contributed by atoms with Crippen LogP contribution in [0.25, 0.3) is 11.0 Å². The van der Waals surface area contributed by atoms with E-state index in [1.807, 2.05) is 13.0 Å². The molecule has 1 amide bonds. The van der Waals surface area contributed by atoms with Crippen molar-refractivity contribution in [1.82, 2.24) is 10.2 Å². The standard InChI is InChI=1S/C24H32N2O4/c1-16-12-24(28)30-22-14-21(29-2)17(13-19(16)22)8-9-23(27)25-15-18-6-5-11-26-10-4-3-7-20(18)26/h12-14,18,20H,3-11,15H2,1-2H3,(H,25,27)/t18-,20+/m0/s1. The van der Waals surface area contributed by atoms with Crippen LogP contribution in [0.5, 0.6) is 5.75 Å². The van der Waals surface area contributed by atoms with E-state index in [-0.39, 0.29) is 11.5 Å². The molecule has 0 radical (unpaired) electrons. The molecule has 0 aliphatic carbocycles. The van der Waals surface area contributed by atoms with Crippen molar-refractivity contribution in [2.24, 2.45) is 5.92 Å². The van der Waals surface area contributed by atoms with Crippen LogP contribution >= 0.6 is 0 Å². The van der Waals surface area contributed by atoms with Gasteiger partial charge in [0.25, 0.3) is 0 Å². The first-order valence-corrected chi connectivity index (χ1v) is 11.2. The third-order valence-corrected chi connectivity index (χ3v) is 6.76. The van der Waals surface area contributed by atoms with Crippen LogP contribution in [0.2, 0.25) is 0 Å². The van der Waals surface area contributed by atoms with E-state index in [1.54, 1.807) is 13.2 Å². The number of carbonyl (C=O) groups is 1. The molecule has 6 nitrogen and oxygen atoms in total. The Bertz CT molecular complexity index is 966. The third kappa shape index (κ3) is 4.53. The Kier molecular flexibility index (Phi) is 6.42. The summed E-state index contributed by atoms with van der Waals surface area (Å²) in [4.78, 5) is 26.8. The molecule has 0 saturated carbocycles. The molecule has 0 spiro atoms. The number of piperidine rings is 2. The first kappa shape index (κ1) is 20.9. The van der Waals surface area contributed by atoms with Crippen molar-refractivity contribution in [1.29, 1.82) is 0 Å². The van der Waals surface area contributed by atoms with Gasteiger partial charge >= 0.3 is 5.63 Å². The van der Waals surface area contributed by atoms with Crippen LogP contribution in [0.3, 0.4) is 0 Å². The van der Waals surface area contributed by atoms with Crippen molar-refractivity contribution >= 4 is 16.9 Å². The van der Waals surface area contributed by atoms with E-state index in [2.05, 4.69) is 10.2 Å². The molecule has 2 fully saturated rings. The van der Waals surface area contributed by atoms with Gasteiger partial charge in [-0.2, -0.15) is 0 Å². The van der Waals surface area contributed by atoms with E-state index < -0.39 is 0 Å². The van der Waals surface area contributed by atoms with E-state index >= 15 is 0 Å². The van der Waals surface area contributed by atoms with E-state index in [0.717, 1.165) is 23.1 Å². The summed E-state index contributed by atoms with van der Waals surface area (Å²) in [5.74, 6) is 1.30. The molecule has 1 aromatic carbocycles. The van der Waals surface area contributed by atoms with Crippen LogP contribution in [-0.4, -0.2) is 43.6 Å². The molecular formula is C24H32N2O4. The SMILES string of the molecule is COc1cc2oc(=O)cc(C)c2cc1CCC(=O)NC[C@@H]1CCCN2CCCC[C@H]12. The van der Waals surface area contributed by atoms with Gasteiger partial charge in [-0.1, -0.05) is 6.42 Å². The second-order valence-electron chi connectivity index (χ2n) is 8.71. The van der Waals surface area contributed by atoms with Gasteiger partial charge in [0.05, 0.1) is 7.11 Å². The van der Waals surface area contributed by atoms with Gasteiger partial charge in [0, 0.05) is 36.5 Å². The van der Waals surface area contributed by atoms with Crippen LogP contribution < -0.4 is 15.7 Å². The summed E-state index contributed by atoms with van der Waals surface area (Å²) >= 11 is 0. The maximum absolute atomic E-state index is 12.6. The zero-order chi connectivity index (χ0) is 21.1. The van der Waals surface area contributed by atoms with E-state index in [1.165, 1.54) is 51.3 Å². The van der Waals surface area contributed by atoms with Crippen molar-refractivity contribution in [3.63, 3.8) is 0 Å². The van der Waals surface area contributed by atoms with Crippen LogP contribution in [0, 0.1) is 12.8 Å². The normalized spacial score (nSPS) is 21.9. The molecule has 1 N–H and O–H groups in total. The number of benzene rings is 1. The molecule has 1 aromatic heterocycles. The number of carbonyl (C=O) groups excluding carboxylic acids is 1. The van der Waals surface area contributed by atoms with Gasteiger partial charge in [0.1, 0.15) is 11.3 Å². The number of ether oxygens (including phenoxy) is 1. The summed E-state index contributed by atoms with van der Waals surface area (Å²) < 4.78 is 10.8. The molecule has 30 heavy (non-hydrogen) atoms. The number of hydrogen-bond donors (Lipinski definition) is 1. The molecule has 2 aliphatic rings. The molecule has 2 aromatic rings. The molecule has 0 bridgehead atoms. The fourth-order valence-electron chi connectivity index (χ4n) is 5.17. The highest BCUT2D eigenvalue weighted by Gasteiger charge is 2.32. The molecule has 0 unspecified atom stereocenters. The fraction of sp³-hybridized carbons (Fsp3) is 0.583. The van der Waals surface area contributed by atoms with Crippen LogP contribution in [0.15, 0.2) is 27.4 Å². The zero-order valence-corrected chi connectivity index (χ0v) is 18.0. The smallest absolute Gasteiger partial charge is 0.336 e. The topological polar surface area (TPSA) is 71.8 Å². The summed E-state index contributed by atoms with van der Waals surface area (Å²) in [7, 11) is 1.59. The minimum absolute atomic E-state index is 0.0846. The second kappa shape index (κ2) is 9.21. The Morgan fingerprint density at radius 2 is 2.03 bits per heavy atom. The van der Waals surface area contributed by atoms with Crippen molar-refractivity contribution in [2.75, 3.05) is 26.7 Å². The molecule has 2 atom stereocenters. The van der Waals surface area contributed by atoms with Crippen molar-refractivity contribution < 1.29 is 13.9 Å². The second-order valence-corrected chi connectivity index (χ2v) is 8.71. The minimum atomic E-state index is -0.367. The van der Waals surface area contributed by atoms with Crippen molar-refractivity contribution in [3.8, 4) is 5.75 Å². The Morgan fingerprint density at radius 1 is 1.20 bits per heavy atom. The Hall–Kier alpha value is -2.34. The molecular weight excluding hydrogens is 380 g/mol. The summed E-state index contributed by atoms with van der Waals surface area (Å²) in [5.41, 5.74) is 1.96. The average molecular weight is 413 g/mol. The monoisotopic (exact) mass is 412 g/mol. The van der Waals surface area contributed by atoms with Crippen LogP contribution in [0.4, 0.5) is 0 Å². The number of nitrogens with zero attached hydrogens (tertiary/aromatic N) is 1. The summed E-state index contributed by atoms with van der Waals surface area (Å²) in [5, 5.41) is 4.06. The Labute approximate surface area is 177 Å². The first-order chi connectivity index (χ1) is 14.5. The van der Waals surface area contributed by atoms with Crippen molar-refractivity contribution in [3.05, 3.63) is 39.7 Å². The predicted octanol–water partition coefficient (Wildman–Crippen LogP) is 3.42. The zero-order valence-electron chi connectivity index (χ0n) is 18.0. The highest BCUT2D eigenvalue weighted by Crippen LogP contribution is 2.31. The maximum atomic E-state index is 12.6. The van der Waals surface area contributed by atoms with Gasteiger partial charge in [0.2, 0.25) is 5.91 Å². The van der Waals surface area contributed by atoms with Crippen LogP contribution in [-0.2, 0) is 11.2 Å². The summed E-state index contributed by atoms with van der Waals surface area (Å²) in [6, 6.07) is 5.85. The molecule has 2 aliphatic heterocycles. The van der Waals surface area contributed by atoms with Crippen molar-refractivity contribution in [2.45, 2.75) is 57.9 Å². The number of hydrogen-bond acceptors (Lipinski definition) is 5. The molecule has 162 valence electrons. The highest BCUT2D eigenvalue weighted by atomic mass is 16.5. The minimum Gasteiger partial charge on any atom is -0.496 e. The summed E-state index contributed by atoms with van der Waals surface area (Å²) in [6.07, 6.45) is 7.34. The van der Waals surface area contributed by atoms with Gasteiger partial charge < -0.3 is 19.4 Å². The van der Waals surface area contributed by atoms with E-state index in [0.29, 0.717) is 36.1 Å². The lowest BCUT2D eigenvalue weighted by atomic mass is 9.83. The maximum Gasteiger partial charge on any atom is 0.336 e. The number of nitrogens with one attached hydrogen (secondary N) is 1. The quantitative estimate of drug-likeness (QED) is 0.736. The van der Waals surface area contributed by atoms with Gasteiger partial charge in [-0.05, 0) is 75.2 Å². The number of fused-ring (bicyclic) bond motifs is 2. The lowest BCUT2D eigenvalue weighted by molar-refractivity contribution is -0.121. The molecule has 3 heterocycles. The number of rotatable bonds is 6. The van der Waals surface area contributed by atoms with E-state index in [9.17, 15) is 9.59 Å². The van der Waals surface area contributed by atoms with E-state index in [4.69, 9.17) is 9.15 Å². The predicted molar refractivity (Wildman–Crippen MR) is 117 cm³/mol. The largest absolute Gasteiger partial charge is 0.496 e. The highest BCUT2D eigenvalue weighted by molar-refractivity contribution is 5.83. The Balaban J connectivity index is 1.37. The average Bonchev–Trinajstić information content (AvgIpc) is 2.75. The lowest BCUT2D eigenvalue weighted by Gasteiger charge is -2.44. The number of amides is 1. The van der Waals surface area contributed by atoms with Gasteiger partial charge in [-0.3, -0.25) is 4.79 Å². The fourth-order valence-corrected chi connectivity index (χ4v) is 5.17. The summed E-state index contributed by atoms with van der Waals surface area (Å²) in [6.45, 7) is 5.10. The molecule has 4 rings (SSSR count). The molecule has 6 heteroatoms. The van der Waals surface area contributed by atoms with Gasteiger partial charge in [-0.15, -0.1) is 0 Å². The van der Waals surface area contributed by atoms with Gasteiger partial charge in [0.15, 0.2) is 0 Å². The van der Waals surface area contributed by atoms with Crippen LogP contribution in [0.1, 0.15) is 49.7 Å². The molecule has 2 saturated heterocycles. The number of methoxy groups -OCH3 is 1. The first-order valence-electron chi connectivity index (χ1n) is 11.2. The van der Waals surface area contributed by atoms with Gasteiger partial charge in [-0.25, -0.2) is 4.79 Å². The third-order valence-electron chi connectivity index (χ3n) is 6.76. The Morgan fingerprint density at radius 3 is 2.87 bits per heavy atom. The number of aryl methyl sites for hydroxylation is 2.